The minimum absolute atomic E-state index is 0.0366. The van der Waals surface area contributed by atoms with Crippen molar-refractivity contribution in [2.24, 2.45) is 0 Å². The van der Waals surface area contributed by atoms with Crippen molar-refractivity contribution in [1.82, 2.24) is 0 Å². The third kappa shape index (κ3) is 3.85. The summed E-state index contributed by atoms with van der Waals surface area (Å²) in [6, 6.07) is 3.39. The van der Waals surface area contributed by atoms with E-state index in [9.17, 15) is 4.79 Å². The predicted molar refractivity (Wildman–Crippen MR) is 69.3 cm³/mol. The Labute approximate surface area is 112 Å². The Morgan fingerprint density at radius 2 is 2.00 bits per heavy atom. The molecule has 1 rings (SSSR count). The lowest BCUT2D eigenvalue weighted by Crippen LogP contribution is -2.17. The zero-order valence-corrected chi connectivity index (χ0v) is 11.6. The summed E-state index contributed by atoms with van der Waals surface area (Å²) < 4.78 is 5.55. The van der Waals surface area contributed by atoms with E-state index in [1.807, 2.05) is 0 Å². The number of carbonyl (C=O) groups excluding carboxylic acids is 1. The lowest BCUT2D eigenvalue weighted by molar-refractivity contribution is -0.140. The SMILES string of the molecule is CCOC(=O)CNc1c(Cl)cc(Br)cc1Cl. The molecule has 1 aromatic carbocycles. The molecule has 0 aliphatic heterocycles. The van der Waals surface area contributed by atoms with Gasteiger partial charge >= 0.3 is 5.97 Å². The Kier molecular flexibility index (Phi) is 5.38. The standard InChI is InChI=1S/C10H10BrCl2NO2/c1-2-16-9(15)5-14-10-7(12)3-6(11)4-8(10)13/h3-4,14H,2,5H2,1H3. The maximum atomic E-state index is 11.1. The zero-order chi connectivity index (χ0) is 12.1. The van der Waals surface area contributed by atoms with Crippen LogP contribution in [0.2, 0.25) is 10.0 Å². The monoisotopic (exact) mass is 325 g/mol. The molecule has 0 unspecified atom stereocenters. The van der Waals surface area contributed by atoms with Crippen molar-refractivity contribution in [3.63, 3.8) is 0 Å². The Balaban J connectivity index is 2.70. The van der Waals surface area contributed by atoms with Crippen molar-refractivity contribution >= 4 is 50.8 Å². The second-order valence-electron chi connectivity index (χ2n) is 2.90. The zero-order valence-electron chi connectivity index (χ0n) is 8.52. The molecule has 0 bridgehead atoms. The average Bonchev–Trinajstić information content (AvgIpc) is 2.16. The van der Waals surface area contributed by atoms with Gasteiger partial charge in [0.05, 0.1) is 22.3 Å². The number of hydrogen-bond donors (Lipinski definition) is 1. The van der Waals surface area contributed by atoms with Crippen LogP contribution in [0.1, 0.15) is 6.92 Å². The van der Waals surface area contributed by atoms with Gasteiger partial charge in [0.25, 0.3) is 0 Å². The number of carbonyl (C=O) groups is 1. The molecule has 1 N–H and O–H groups in total. The Morgan fingerprint density at radius 3 is 2.50 bits per heavy atom. The number of halogens is 3. The molecule has 0 heterocycles. The number of hydrogen-bond acceptors (Lipinski definition) is 3. The Hall–Kier alpha value is -0.450. The van der Waals surface area contributed by atoms with Gasteiger partial charge in [-0.2, -0.15) is 0 Å². The van der Waals surface area contributed by atoms with E-state index in [1.54, 1.807) is 19.1 Å². The molecule has 88 valence electrons. The van der Waals surface area contributed by atoms with Crippen LogP contribution in [0.15, 0.2) is 16.6 Å². The molecule has 1 aromatic rings. The third-order valence-electron chi connectivity index (χ3n) is 1.72. The van der Waals surface area contributed by atoms with Crippen molar-refractivity contribution in [3.05, 3.63) is 26.7 Å². The second-order valence-corrected chi connectivity index (χ2v) is 4.63. The van der Waals surface area contributed by atoms with Gasteiger partial charge in [-0.15, -0.1) is 0 Å². The van der Waals surface area contributed by atoms with E-state index in [1.165, 1.54) is 0 Å². The van der Waals surface area contributed by atoms with Crippen LogP contribution in [0.5, 0.6) is 0 Å². The summed E-state index contributed by atoms with van der Waals surface area (Å²) in [6.45, 7) is 2.13. The van der Waals surface area contributed by atoms with E-state index >= 15 is 0 Å². The maximum Gasteiger partial charge on any atom is 0.325 e. The van der Waals surface area contributed by atoms with E-state index in [2.05, 4.69) is 21.2 Å². The topological polar surface area (TPSA) is 38.3 Å². The molecule has 0 radical (unpaired) electrons. The van der Waals surface area contributed by atoms with Gasteiger partial charge in [-0.3, -0.25) is 4.79 Å². The van der Waals surface area contributed by atoms with Gasteiger partial charge in [-0.25, -0.2) is 0 Å². The molecule has 0 amide bonds. The highest BCUT2D eigenvalue weighted by atomic mass is 79.9. The molecule has 0 saturated heterocycles. The lowest BCUT2D eigenvalue weighted by atomic mass is 10.3. The minimum Gasteiger partial charge on any atom is -0.465 e. The van der Waals surface area contributed by atoms with E-state index in [0.29, 0.717) is 22.3 Å². The molecule has 0 saturated carbocycles. The normalized spacial score (nSPS) is 10.0. The number of rotatable bonds is 4. The molecule has 0 atom stereocenters. The molecule has 0 aliphatic rings. The highest BCUT2D eigenvalue weighted by Crippen LogP contribution is 2.33. The smallest absolute Gasteiger partial charge is 0.325 e. The predicted octanol–water partition coefficient (Wildman–Crippen LogP) is 3.73. The van der Waals surface area contributed by atoms with Crippen molar-refractivity contribution in [1.29, 1.82) is 0 Å². The van der Waals surface area contributed by atoms with Crippen molar-refractivity contribution in [2.45, 2.75) is 6.92 Å². The van der Waals surface area contributed by atoms with Crippen LogP contribution in [-0.2, 0) is 9.53 Å². The van der Waals surface area contributed by atoms with Crippen LogP contribution in [0, 0.1) is 0 Å². The van der Waals surface area contributed by atoms with Crippen LogP contribution >= 0.6 is 39.1 Å². The van der Waals surface area contributed by atoms with E-state index in [0.717, 1.165) is 4.47 Å². The van der Waals surface area contributed by atoms with Gasteiger partial charge in [-0.1, -0.05) is 39.1 Å². The van der Waals surface area contributed by atoms with Crippen LogP contribution in [-0.4, -0.2) is 19.1 Å². The van der Waals surface area contributed by atoms with Gasteiger partial charge in [0, 0.05) is 4.47 Å². The van der Waals surface area contributed by atoms with Crippen molar-refractivity contribution < 1.29 is 9.53 Å². The first-order chi connectivity index (χ1) is 7.54. The first-order valence-electron chi connectivity index (χ1n) is 4.58. The molecule has 16 heavy (non-hydrogen) atoms. The summed E-state index contributed by atoms with van der Waals surface area (Å²) in [4.78, 5) is 11.1. The van der Waals surface area contributed by atoms with Crippen molar-refractivity contribution in [2.75, 3.05) is 18.5 Å². The van der Waals surface area contributed by atoms with Gasteiger partial charge in [-0.05, 0) is 19.1 Å². The number of ether oxygens (including phenoxy) is 1. The minimum atomic E-state index is -0.349. The molecular weight excluding hydrogens is 317 g/mol. The van der Waals surface area contributed by atoms with Crippen molar-refractivity contribution in [3.8, 4) is 0 Å². The molecular formula is C10H10BrCl2NO2. The molecule has 3 nitrogen and oxygen atoms in total. The number of anilines is 1. The lowest BCUT2D eigenvalue weighted by Gasteiger charge is -2.10. The fourth-order valence-electron chi connectivity index (χ4n) is 1.08. The molecule has 0 fully saturated rings. The van der Waals surface area contributed by atoms with Gasteiger partial charge in [0.15, 0.2) is 0 Å². The third-order valence-corrected chi connectivity index (χ3v) is 2.78. The van der Waals surface area contributed by atoms with Crippen LogP contribution in [0.25, 0.3) is 0 Å². The summed E-state index contributed by atoms with van der Waals surface area (Å²) in [5.41, 5.74) is 0.527. The fourth-order valence-corrected chi connectivity index (χ4v) is 2.43. The van der Waals surface area contributed by atoms with Crippen LogP contribution < -0.4 is 5.32 Å². The van der Waals surface area contributed by atoms with Crippen LogP contribution in [0.4, 0.5) is 5.69 Å². The maximum absolute atomic E-state index is 11.1. The first kappa shape index (κ1) is 13.6. The summed E-state index contributed by atoms with van der Waals surface area (Å²) >= 11 is 15.2. The largest absolute Gasteiger partial charge is 0.465 e. The van der Waals surface area contributed by atoms with E-state index in [4.69, 9.17) is 27.9 Å². The summed E-state index contributed by atoms with van der Waals surface area (Å²) in [7, 11) is 0. The fraction of sp³-hybridized carbons (Fsp3) is 0.300. The molecule has 0 aromatic heterocycles. The quantitative estimate of drug-likeness (QED) is 0.857. The first-order valence-corrected chi connectivity index (χ1v) is 6.13. The summed E-state index contributed by atoms with van der Waals surface area (Å²) in [5, 5.41) is 3.73. The van der Waals surface area contributed by atoms with Crippen LogP contribution in [0.3, 0.4) is 0 Å². The highest BCUT2D eigenvalue weighted by Gasteiger charge is 2.09. The molecule has 0 aliphatic carbocycles. The molecule has 6 heteroatoms. The molecule has 0 spiro atoms. The summed E-state index contributed by atoms with van der Waals surface area (Å²) in [5.74, 6) is -0.349. The van der Waals surface area contributed by atoms with Gasteiger partial charge in [0.2, 0.25) is 0 Å². The van der Waals surface area contributed by atoms with E-state index in [-0.39, 0.29) is 12.5 Å². The Bertz CT molecular complexity index is 375. The van der Waals surface area contributed by atoms with E-state index < -0.39 is 0 Å². The van der Waals surface area contributed by atoms with Gasteiger partial charge < -0.3 is 10.1 Å². The van der Waals surface area contributed by atoms with Gasteiger partial charge in [0.1, 0.15) is 6.54 Å². The average molecular weight is 327 g/mol. The number of nitrogens with one attached hydrogen (secondary N) is 1. The Morgan fingerprint density at radius 1 is 1.44 bits per heavy atom. The summed E-state index contributed by atoms with van der Waals surface area (Å²) in [6.07, 6.45) is 0. The number of benzene rings is 1. The second kappa shape index (κ2) is 6.33. The number of esters is 1. The highest BCUT2D eigenvalue weighted by molar-refractivity contribution is 9.10.